The van der Waals surface area contributed by atoms with Crippen molar-refractivity contribution in [2.75, 3.05) is 33.4 Å². The van der Waals surface area contributed by atoms with Gasteiger partial charge in [-0.2, -0.15) is 11.8 Å². The maximum absolute atomic E-state index is 13.5. The molecule has 30 heavy (non-hydrogen) atoms. The molecule has 0 aliphatic heterocycles. The number of rotatable bonds is 9. The SMILES string of the molecule is CCNC(=NCc1ccc(F)cc1CSC)NCCc1cccc(C(=O)N(C)C)c1. The lowest BCUT2D eigenvalue weighted by molar-refractivity contribution is 0.0827. The fourth-order valence-electron chi connectivity index (χ4n) is 2.99. The van der Waals surface area contributed by atoms with E-state index in [1.807, 2.05) is 37.4 Å². The Morgan fingerprint density at radius 1 is 1.13 bits per heavy atom. The minimum absolute atomic E-state index is 0.0000509. The Morgan fingerprint density at radius 2 is 1.93 bits per heavy atom. The fourth-order valence-corrected chi connectivity index (χ4v) is 3.57. The first-order chi connectivity index (χ1) is 14.4. The highest BCUT2D eigenvalue weighted by molar-refractivity contribution is 7.97. The molecule has 0 aliphatic carbocycles. The quantitative estimate of drug-likeness (QED) is 0.471. The molecule has 0 spiro atoms. The Morgan fingerprint density at radius 3 is 2.63 bits per heavy atom. The van der Waals surface area contributed by atoms with E-state index in [1.165, 1.54) is 6.07 Å². The van der Waals surface area contributed by atoms with E-state index in [0.29, 0.717) is 18.7 Å². The summed E-state index contributed by atoms with van der Waals surface area (Å²) in [6, 6.07) is 12.6. The average molecular weight is 431 g/mol. The molecule has 0 saturated carbocycles. The predicted octanol–water partition coefficient (Wildman–Crippen LogP) is 3.69. The number of hydrogen-bond acceptors (Lipinski definition) is 3. The Labute approximate surface area is 183 Å². The second-order valence-corrected chi connectivity index (χ2v) is 7.98. The molecule has 2 aromatic rings. The standard InChI is InChI=1S/C23H31FN4OS/c1-5-25-23(27-15-19-9-10-21(24)14-20(19)16-30-4)26-12-11-17-7-6-8-18(13-17)22(29)28(2)3/h6-10,13-14H,5,11-12,15-16H2,1-4H3,(H2,25,26,27). The van der Waals surface area contributed by atoms with Gasteiger partial charge in [0.2, 0.25) is 0 Å². The first-order valence-electron chi connectivity index (χ1n) is 10.0. The number of nitrogens with zero attached hydrogens (tertiary/aromatic N) is 2. The van der Waals surface area contributed by atoms with Gasteiger partial charge >= 0.3 is 0 Å². The third-order valence-corrected chi connectivity index (χ3v) is 5.11. The normalized spacial score (nSPS) is 11.3. The molecule has 7 heteroatoms. The molecule has 0 heterocycles. The molecule has 0 fully saturated rings. The Hall–Kier alpha value is -2.54. The summed E-state index contributed by atoms with van der Waals surface area (Å²) >= 11 is 1.67. The number of halogens is 1. The van der Waals surface area contributed by atoms with Gasteiger partial charge < -0.3 is 15.5 Å². The predicted molar refractivity (Wildman–Crippen MR) is 125 cm³/mol. The van der Waals surface area contributed by atoms with Crippen molar-refractivity contribution in [1.82, 2.24) is 15.5 Å². The van der Waals surface area contributed by atoms with Crippen molar-refractivity contribution < 1.29 is 9.18 Å². The number of amides is 1. The Kier molecular flexibility index (Phi) is 9.67. The van der Waals surface area contributed by atoms with E-state index in [1.54, 1.807) is 42.9 Å². The van der Waals surface area contributed by atoms with E-state index in [2.05, 4.69) is 15.6 Å². The van der Waals surface area contributed by atoms with E-state index in [-0.39, 0.29) is 11.7 Å². The maximum atomic E-state index is 13.5. The molecule has 0 unspecified atom stereocenters. The van der Waals surface area contributed by atoms with Gasteiger partial charge in [-0.05, 0) is 60.6 Å². The number of nitrogens with one attached hydrogen (secondary N) is 2. The molecule has 0 aromatic heterocycles. The van der Waals surface area contributed by atoms with Crippen LogP contribution in [0.15, 0.2) is 47.5 Å². The van der Waals surface area contributed by atoms with Gasteiger partial charge in [0.05, 0.1) is 6.54 Å². The van der Waals surface area contributed by atoms with Crippen molar-refractivity contribution in [3.8, 4) is 0 Å². The van der Waals surface area contributed by atoms with Crippen LogP contribution in [0.4, 0.5) is 4.39 Å². The van der Waals surface area contributed by atoms with Crippen molar-refractivity contribution in [1.29, 1.82) is 0 Å². The van der Waals surface area contributed by atoms with E-state index in [9.17, 15) is 9.18 Å². The van der Waals surface area contributed by atoms with Crippen LogP contribution in [0.5, 0.6) is 0 Å². The molecule has 1 amide bonds. The summed E-state index contributed by atoms with van der Waals surface area (Å²) in [6.07, 6.45) is 2.78. The van der Waals surface area contributed by atoms with Crippen LogP contribution in [0.2, 0.25) is 0 Å². The van der Waals surface area contributed by atoms with Crippen molar-refractivity contribution in [2.45, 2.75) is 25.6 Å². The average Bonchev–Trinajstić information content (AvgIpc) is 2.73. The molecular weight excluding hydrogens is 399 g/mol. The highest BCUT2D eigenvalue weighted by Gasteiger charge is 2.08. The summed E-state index contributed by atoms with van der Waals surface area (Å²) in [5.41, 5.74) is 3.78. The second-order valence-electron chi connectivity index (χ2n) is 7.12. The van der Waals surface area contributed by atoms with Crippen LogP contribution in [-0.4, -0.2) is 50.2 Å². The van der Waals surface area contributed by atoms with Gasteiger partial charge in [-0.15, -0.1) is 0 Å². The van der Waals surface area contributed by atoms with Crippen molar-refractivity contribution >= 4 is 23.6 Å². The Balaban J connectivity index is 2.00. The van der Waals surface area contributed by atoms with Crippen LogP contribution < -0.4 is 10.6 Å². The zero-order valence-corrected chi connectivity index (χ0v) is 19.0. The topological polar surface area (TPSA) is 56.7 Å². The number of guanidine groups is 1. The van der Waals surface area contributed by atoms with E-state index >= 15 is 0 Å². The first kappa shape index (κ1) is 23.7. The van der Waals surface area contributed by atoms with Crippen LogP contribution in [0.25, 0.3) is 0 Å². The molecule has 0 bridgehead atoms. The third-order valence-electron chi connectivity index (χ3n) is 4.51. The van der Waals surface area contributed by atoms with Gasteiger partial charge in [-0.3, -0.25) is 4.79 Å². The molecule has 2 aromatic carbocycles. The van der Waals surface area contributed by atoms with Crippen molar-refractivity contribution in [3.63, 3.8) is 0 Å². The van der Waals surface area contributed by atoms with E-state index in [4.69, 9.17) is 0 Å². The zero-order chi connectivity index (χ0) is 21.9. The van der Waals surface area contributed by atoms with Gasteiger partial charge in [0.1, 0.15) is 5.82 Å². The molecule has 0 saturated heterocycles. The molecule has 2 rings (SSSR count). The third kappa shape index (κ3) is 7.37. The molecule has 162 valence electrons. The molecule has 0 atom stereocenters. The molecule has 5 nitrogen and oxygen atoms in total. The lowest BCUT2D eigenvalue weighted by Gasteiger charge is -2.13. The highest BCUT2D eigenvalue weighted by atomic mass is 32.2. The lowest BCUT2D eigenvalue weighted by Crippen LogP contribution is -2.38. The Bertz CT molecular complexity index is 870. The summed E-state index contributed by atoms with van der Waals surface area (Å²) in [4.78, 5) is 18.4. The summed E-state index contributed by atoms with van der Waals surface area (Å²) in [5.74, 6) is 1.26. The number of aliphatic imine (C=N–C) groups is 1. The van der Waals surface area contributed by atoms with Gasteiger partial charge in [0.15, 0.2) is 5.96 Å². The summed E-state index contributed by atoms with van der Waals surface area (Å²) in [6.45, 7) is 3.94. The lowest BCUT2D eigenvalue weighted by atomic mass is 10.1. The number of thioether (sulfide) groups is 1. The molecular formula is C23H31FN4OS. The van der Waals surface area contributed by atoms with Gasteiger partial charge in [-0.25, -0.2) is 9.38 Å². The fraction of sp³-hybridized carbons (Fsp3) is 0.391. The zero-order valence-electron chi connectivity index (χ0n) is 18.2. The number of hydrogen-bond donors (Lipinski definition) is 2. The second kappa shape index (κ2) is 12.2. The highest BCUT2D eigenvalue weighted by Crippen LogP contribution is 2.17. The van der Waals surface area contributed by atoms with Gasteiger partial charge in [-0.1, -0.05) is 18.2 Å². The molecule has 2 N–H and O–H groups in total. The minimum atomic E-state index is -0.216. The van der Waals surface area contributed by atoms with E-state index < -0.39 is 0 Å². The first-order valence-corrected chi connectivity index (χ1v) is 11.4. The smallest absolute Gasteiger partial charge is 0.253 e. The minimum Gasteiger partial charge on any atom is -0.357 e. The van der Waals surface area contributed by atoms with Gasteiger partial charge in [0.25, 0.3) is 5.91 Å². The number of carbonyl (C=O) groups is 1. The van der Waals surface area contributed by atoms with Crippen LogP contribution in [-0.2, 0) is 18.7 Å². The van der Waals surface area contributed by atoms with Crippen LogP contribution in [0.1, 0.15) is 34.0 Å². The summed E-state index contributed by atoms with van der Waals surface area (Å²) < 4.78 is 13.5. The van der Waals surface area contributed by atoms with Crippen LogP contribution in [0.3, 0.4) is 0 Å². The van der Waals surface area contributed by atoms with Crippen molar-refractivity contribution in [2.24, 2.45) is 4.99 Å². The molecule has 0 radical (unpaired) electrons. The van der Waals surface area contributed by atoms with Gasteiger partial charge in [0, 0.05) is 38.5 Å². The monoisotopic (exact) mass is 430 g/mol. The summed E-state index contributed by atoms with van der Waals surface area (Å²) in [7, 11) is 3.50. The maximum Gasteiger partial charge on any atom is 0.253 e. The van der Waals surface area contributed by atoms with E-state index in [0.717, 1.165) is 41.4 Å². The molecule has 0 aliphatic rings. The summed E-state index contributed by atoms with van der Waals surface area (Å²) in [5, 5.41) is 6.58. The van der Waals surface area contributed by atoms with Crippen molar-refractivity contribution in [3.05, 3.63) is 70.5 Å². The van der Waals surface area contributed by atoms with Crippen LogP contribution >= 0.6 is 11.8 Å². The van der Waals surface area contributed by atoms with Crippen LogP contribution in [0, 0.1) is 5.82 Å². The number of benzene rings is 2. The largest absolute Gasteiger partial charge is 0.357 e. The number of carbonyl (C=O) groups excluding carboxylic acids is 1.